The minimum absolute atomic E-state index is 0.208. The Morgan fingerprint density at radius 1 is 1.64 bits per heavy atom. The number of carbonyl (C=O) groups is 1. The molecule has 0 aromatic rings. The average molecular weight is 158 g/mol. The van der Waals surface area contributed by atoms with Crippen LogP contribution in [0.5, 0.6) is 0 Å². The summed E-state index contributed by atoms with van der Waals surface area (Å²) >= 11 is 0. The Hall–Kier alpha value is -1.03. The monoisotopic (exact) mass is 158 g/mol. The summed E-state index contributed by atoms with van der Waals surface area (Å²) in [7, 11) is 0. The third-order valence-electron chi connectivity index (χ3n) is 1.41. The fourth-order valence-corrected chi connectivity index (χ4v) is 0.899. The van der Waals surface area contributed by atoms with Gasteiger partial charge in [-0.2, -0.15) is 0 Å². The Morgan fingerprint density at radius 3 is 2.91 bits per heavy atom. The van der Waals surface area contributed by atoms with E-state index in [1.807, 2.05) is 0 Å². The molecule has 62 valence electrons. The molecule has 4 heteroatoms. The van der Waals surface area contributed by atoms with Gasteiger partial charge in [-0.15, -0.1) is 0 Å². The molecule has 0 saturated carbocycles. The van der Waals surface area contributed by atoms with Gasteiger partial charge in [0.15, 0.2) is 12.2 Å². The molecule has 1 N–H and O–H groups in total. The predicted molar refractivity (Wildman–Crippen MR) is 37.0 cm³/mol. The molecule has 0 radical (unpaired) electrons. The summed E-state index contributed by atoms with van der Waals surface area (Å²) in [4.78, 5) is 10.5. The highest BCUT2D eigenvalue weighted by atomic mass is 16.8. The van der Waals surface area contributed by atoms with E-state index in [0.717, 1.165) is 0 Å². The van der Waals surface area contributed by atoms with E-state index in [0.29, 0.717) is 0 Å². The van der Waals surface area contributed by atoms with Gasteiger partial charge in [0.1, 0.15) is 0 Å². The standard InChI is InChI=1S/C7H10O4/c1-2-3-5-6(4-8)11-7(9)10-5/h2-3,5-6,8H,4H2,1H3/b3-2+/t5-,6+/m1/s1. The van der Waals surface area contributed by atoms with Crippen LogP contribution in [0.15, 0.2) is 12.2 Å². The summed E-state index contributed by atoms with van der Waals surface area (Å²) < 4.78 is 9.31. The Kier molecular flexibility index (Phi) is 2.48. The maximum absolute atomic E-state index is 10.5. The van der Waals surface area contributed by atoms with Crippen molar-refractivity contribution < 1.29 is 19.4 Å². The van der Waals surface area contributed by atoms with Crippen LogP contribution in [-0.4, -0.2) is 30.1 Å². The summed E-state index contributed by atoms with van der Waals surface area (Å²) in [6, 6.07) is 0. The van der Waals surface area contributed by atoms with E-state index >= 15 is 0 Å². The normalized spacial score (nSPS) is 30.5. The largest absolute Gasteiger partial charge is 0.509 e. The van der Waals surface area contributed by atoms with Crippen LogP contribution >= 0.6 is 0 Å². The Morgan fingerprint density at radius 2 is 2.36 bits per heavy atom. The van der Waals surface area contributed by atoms with Gasteiger partial charge in [0.2, 0.25) is 0 Å². The number of hydrogen-bond acceptors (Lipinski definition) is 4. The molecule has 1 aliphatic heterocycles. The van der Waals surface area contributed by atoms with E-state index in [9.17, 15) is 4.79 Å². The van der Waals surface area contributed by atoms with Crippen LogP contribution in [-0.2, 0) is 9.47 Å². The molecule has 0 spiro atoms. The number of ether oxygens (including phenoxy) is 2. The fraction of sp³-hybridized carbons (Fsp3) is 0.571. The van der Waals surface area contributed by atoms with Gasteiger partial charge in [-0.3, -0.25) is 0 Å². The number of allylic oxidation sites excluding steroid dienone is 1. The molecule has 0 aromatic carbocycles. The van der Waals surface area contributed by atoms with E-state index < -0.39 is 18.4 Å². The number of rotatable bonds is 2. The first-order chi connectivity index (χ1) is 5.27. The van der Waals surface area contributed by atoms with Crippen LogP contribution in [0, 0.1) is 0 Å². The first-order valence-electron chi connectivity index (χ1n) is 3.39. The van der Waals surface area contributed by atoms with Gasteiger partial charge in [-0.25, -0.2) is 4.79 Å². The van der Waals surface area contributed by atoms with Crippen molar-refractivity contribution in [2.75, 3.05) is 6.61 Å². The molecular weight excluding hydrogens is 148 g/mol. The van der Waals surface area contributed by atoms with Crippen LogP contribution in [0.2, 0.25) is 0 Å². The number of aliphatic hydroxyl groups excluding tert-OH is 1. The summed E-state index contributed by atoms with van der Waals surface area (Å²) in [5.74, 6) is 0. The molecular formula is C7H10O4. The third kappa shape index (κ3) is 1.71. The molecule has 0 aliphatic carbocycles. The van der Waals surface area contributed by atoms with Crippen molar-refractivity contribution in [2.24, 2.45) is 0 Å². The van der Waals surface area contributed by atoms with E-state index in [1.165, 1.54) is 0 Å². The van der Waals surface area contributed by atoms with Crippen molar-refractivity contribution in [1.29, 1.82) is 0 Å². The Bertz CT molecular complexity index is 175. The minimum atomic E-state index is -0.716. The van der Waals surface area contributed by atoms with Crippen LogP contribution < -0.4 is 0 Å². The molecule has 0 amide bonds. The van der Waals surface area contributed by atoms with Gasteiger partial charge in [-0.1, -0.05) is 6.08 Å². The smallest absolute Gasteiger partial charge is 0.424 e. The lowest BCUT2D eigenvalue weighted by Gasteiger charge is -2.06. The molecule has 4 nitrogen and oxygen atoms in total. The van der Waals surface area contributed by atoms with Crippen molar-refractivity contribution in [1.82, 2.24) is 0 Å². The van der Waals surface area contributed by atoms with Crippen LogP contribution in [0.1, 0.15) is 6.92 Å². The molecule has 1 saturated heterocycles. The quantitative estimate of drug-likeness (QED) is 0.468. The van der Waals surface area contributed by atoms with Crippen LogP contribution in [0.25, 0.3) is 0 Å². The molecule has 0 aromatic heterocycles. The second-order valence-corrected chi connectivity index (χ2v) is 2.20. The summed E-state index contributed by atoms with van der Waals surface area (Å²) in [5, 5.41) is 8.69. The molecule has 1 rings (SSSR count). The van der Waals surface area contributed by atoms with E-state index in [4.69, 9.17) is 9.84 Å². The zero-order chi connectivity index (χ0) is 8.27. The fourth-order valence-electron chi connectivity index (χ4n) is 0.899. The van der Waals surface area contributed by atoms with Gasteiger partial charge < -0.3 is 14.6 Å². The number of hydrogen-bond donors (Lipinski definition) is 1. The van der Waals surface area contributed by atoms with Gasteiger partial charge in [0, 0.05) is 0 Å². The molecule has 1 aliphatic rings. The number of carbonyl (C=O) groups excluding carboxylic acids is 1. The first kappa shape index (κ1) is 8.07. The van der Waals surface area contributed by atoms with Crippen LogP contribution in [0.4, 0.5) is 4.79 Å². The topological polar surface area (TPSA) is 55.8 Å². The SMILES string of the molecule is C/C=C/[C@H]1OC(=O)O[C@H]1CO. The van der Waals surface area contributed by atoms with Gasteiger partial charge in [0.25, 0.3) is 0 Å². The number of aliphatic hydroxyl groups is 1. The van der Waals surface area contributed by atoms with Crippen molar-refractivity contribution in [3.8, 4) is 0 Å². The summed E-state index contributed by atoms with van der Waals surface area (Å²) in [5.41, 5.74) is 0. The average Bonchev–Trinajstić information content (AvgIpc) is 2.32. The second-order valence-electron chi connectivity index (χ2n) is 2.20. The van der Waals surface area contributed by atoms with Gasteiger partial charge >= 0.3 is 6.16 Å². The first-order valence-corrected chi connectivity index (χ1v) is 3.39. The molecule has 2 atom stereocenters. The van der Waals surface area contributed by atoms with Gasteiger partial charge in [0.05, 0.1) is 6.61 Å². The lowest BCUT2D eigenvalue weighted by Crippen LogP contribution is -2.23. The number of cyclic esters (lactones) is 2. The highest BCUT2D eigenvalue weighted by Gasteiger charge is 2.33. The third-order valence-corrected chi connectivity index (χ3v) is 1.41. The molecule has 11 heavy (non-hydrogen) atoms. The van der Waals surface area contributed by atoms with E-state index in [-0.39, 0.29) is 6.61 Å². The Labute approximate surface area is 64.4 Å². The van der Waals surface area contributed by atoms with E-state index in [2.05, 4.69) is 4.74 Å². The molecule has 1 heterocycles. The zero-order valence-corrected chi connectivity index (χ0v) is 6.19. The minimum Gasteiger partial charge on any atom is -0.424 e. The van der Waals surface area contributed by atoms with Crippen molar-refractivity contribution >= 4 is 6.16 Å². The maximum Gasteiger partial charge on any atom is 0.509 e. The highest BCUT2D eigenvalue weighted by Crippen LogP contribution is 2.15. The van der Waals surface area contributed by atoms with Crippen molar-refractivity contribution in [2.45, 2.75) is 19.1 Å². The summed E-state index contributed by atoms with van der Waals surface area (Å²) in [6.07, 6.45) is 1.73. The maximum atomic E-state index is 10.5. The van der Waals surface area contributed by atoms with E-state index in [1.54, 1.807) is 19.1 Å². The van der Waals surface area contributed by atoms with Crippen molar-refractivity contribution in [3.63, 3.8) is 0 Å². The molecule has 0 unspecified atom stereocenters. The van der Waals surface area contributed by atoms with Crippen LogP contribution in [0.3, 0.4) is 0 Å². The lowest BCUT2D eigenvalue weighted by molar-refractivity contribution is 0.0884. The molecule has 0 bridgehead atoms. The molecule has 1 fully saturated rings. The van der Waals surface area contributed by atoms with Gasteiger partial charge in [-0.05, 0) is 13.0 Å². The zero-order valence-electron chi connectivity index (χ0n) is 6.19. The second kappa shape index (κ2) is 3.39. The van der Waals surface area contributed by atoms with Crippen molar-refractivity contribution in [3.05, 3.63) is 12.2 Å². The highest BCUT2D eigenvalue weighted by molar-refractivity contribution is 5.63. The Balaban J connectivity index is 2.57. The summed E-state index contributed by atoms with van der Waals surface area (Å²) in [6.45, 7) is 1.60. The lowest BCUT2D eigenvalue weighted by atomic mass is 10.2. The predicted octanol–water partition coefficient (Wildman–Crippen LogP) is 0.459.